The van der Waals surface area contributed by atoms with Crippen LogP contribution in [0, 0.1) is 20.8 Å². The molecule has 0 saturated heterocycles. The SMILES string of the molecule is COc1cccc2c(Nc3c(C)cccc3C)cc(C)nc12. The summed E-state index contributed by atoms with van der Waals surface area (Å²) in [6, 6.07) is 14.4. The predicted molar refractivity (Wildman–Crippen MR) is 92.2 cm³/mol. The Morgan fingerprint density at radius 3 is 2.32 bits per heavy atom. The monoisotopic (exact) mass is 292 g/mol. The first-order chi connectivity index (χ1) is 10.6. The van der Waals surface area contributed by atoms with E-state index in [1.54, 1.807) is 7.11 Å². The highest BCUT2D eigenvalue weighted by Gasteiger charge is 2.10. The quantitative estimate of drug-likeness (QED) is 0.744. The molecule has 1 heterocycles. The second kappa shape index (κ2) is 5.68. The molecule has 3 rings (SSSR count). The molecule has 0 aliphatic carbocycles. The van der Waals surface area contributed by atoms with Gasteiger partial charge in [0.05, 0.1) is 7.11 Å². The van der Waals surface area contributed by atoms with Crippen molar-refractivity contribution in [2.75, 3.05) is 12.4 Å². The van der Waals surface area contributed by atoms with Gasteiger partial charge in [-0.2, -0.15) is 0 Å². The third kappa shape index (κ3) is 2.50. The normalized spacial score (nSPS) is 10.7. The number of aryl methyl sites for hydroxylation is 3. The fourth-order valence-electron chi connectivity index (χ4n) is 2.76. The predicted octanol–water partition coefficient (Wildman–Crippen LogP) is 4.91. The van der Waals surface area contributed by atoms with Crippen LogP contribution in [0.15, 0.2) is 42.5 Å². The molecule has 0 radical (unpaired) electrons. The number of anilines is 2. The number of pyridine rings is 1. The van der Waals surface area contributed by atoms with Gasteiger partial charge in [0.1, 0.15) is 11.3 Å². The molecule has 22 heavy (non-hydrogen) atoms. The van der Waals surface area contributed by atoms with Gasteiger partial charge in [0.2, 0.25) is 0 Å². The van der Waals surface area contributed by atoms with E-state index < -0.39 is 0 Å². The summed E-state index contributed by atoms with van der Waals surface area (Å²) in [7, 11) is 1.68. The second-order valence-corrected chi connectivity index (χ2v) is 5.56. The lowest BCUT2D eigenvalue weighted by Crippen LogP contribution is -1.99. The van der Waals surface area contributed by atoms with Crippen molar-refractivity contribution in [3.63, 3.8) is 0 Å². The van der Waals surface area contributed by atoms with E-state index >= 15 is 0 Å². The number of rotatable bonds is 3. The Kier molecular flexibility index (Phi) is 3.72. The molecule has 112 valence electrons. The van der Waals surface area contributed by atoms with Crippen LogP contribution < -0.4 is 10.1 Å². The van der Waals surface area contributed by atoms with Gasteiger partial charge in [0, 0.05) is 22.5 Å². The van der Waals surface area contributed by atoms with E-state index in [4.69, 9.17) is 4.74 Å². The van der Waals surface area contributed by atoms with Gasteiger partial charge in [-0.15, -0.1) is 0 Å². The smallest absolute Gasteiger partial charge is 0.145 e. The maximum atomic E-state index is 5.44. The molecule has 3 aromatic rings. The topological polar surface area (TPSA) is 34.1 Å². The van der Waals surface area contributed by atoms with Gasteiger partial charge < -0.3 is 10.1 Å². The number of hydrogen-bond donors (Lipinski definition) is 1. The van der Waals surface area contributed by atoms with Crippen molar-refractivity contribution in [1.82, 2.24) is 4.98 Å². The van der Waals surface area contributed by atoms with Crippen molar-refractivity contribution < 1.29 is 4.74 Å². The van der Waals surface area contributed by atoms with Crippen LogP contribution in [-0.4, -0.2) is 12.1 Å². The van der Waals surface area contributed by atoms with Crippen LogP contribution >= 0.6 is 0 Å². The summed E-state index contributed by atoms with van der Waals surface area (Å²) in [5.74, 6) is 0.797. The van der Waals surface area contributed by atoms with Crippen LogP contribution in [0.4, 0.5) is 11.4 Å². The number of ether oxygens (including phenoxy) is 1. The van der Waals surface area contributed by atoms with E-state index in [1.165, 1.54) is 11.1 Å². The number of fused-ring (bicyclic) bond motifs is 1. The van der Waals surface area contributed by atoms with E-state index in [9.17, 15) is 0 Å². The zero-order valence-electron chi connectivity index (χ0n) is 13.4. The van der Waals surface area contributed by atoms with Gasteiger partial charge >= 0.3 is 0 Å². The molecule has 3 nitrogen and oxygen atoms in total. The molecule has 0 bridgehead atoms. The van der Waals surface area contributed by atoms with Crippen LogP contribution in [0.1, 0.15) is 16.8 Å². The van der Waals surface area contributed by atoms with Crippen LogP contribution in [-0.2, 0) is 0 Å². The summed E-state index contributed by atoms with van der Waals surface area (Å²) >= 11 is 0. The maximum absolute atomic E-state index is 5.44. The molecule has 2 aromatic carbocycles. The molecule has 0 unspecified atom stereocenters. The molecule has 3 heteroatoms. The standard InChI is InChI=1S/C19H20N2O/c1-12-7-5-8-13(2)18(12)21-16-11-14(3)20-19-15(16)9-6-10-17(19)22-4/h5-11H,1-4H3,(H,20,21). The fraction of sp³-hybridized carbons (Fsp3) is 0.211. The lowest BCUT2D eigenvalue weighted by atomic mass is 10.1. The first kappa shape index (κ1) is 14.4. The Morgan fingerprint density at radius 1 is 0.955 bits per heavy atom. The van der Waals surface area contributed by atoms with Gasteiger partial charge in [-0.25, -0.2) is 4.98 Å². The average Bonchev–Trinajstić information content (AvgIpc) is 2.50. The number of methoxy groups -OCH3 is 1. The van der Waals surface area contributed by atoms with E-state index in [2.05, 4.69) is 54.5 Å². The van der Waals surface area contributed by atoms with Crippen molar-refractivity contribution in [3.05, 3.63) is 59.3 Å². The van der Waals surface area contributed by atoms with E-state index in [-0.39, 0.29) is 0 Å². The third-order valence-corrected chi connectivity index (χ3v) is 3.89. The molecule has 0 amide bonds. The van der Waals surface area contributed by atoms with Crippen molar-refractivity contribution >= 4 is 22.3 Å². The zero-order valence-corrected chi connectivity index (χ0v) is 13.4. The van der Waals surface area contributed by atoms with Crippen LogP contribution in [0.25, 0.3) is 10.9 Å². The molecule has 0 aliphatic rings. The lowest BCUT2D eigenvalue weighted by molar-refractivity contribution is 0.419. The summed E-state index contributed by atoms with van der Waals surface area (Å²) in [5.41, 5.74) is 6.51. The Hall–Kier alpha value is -2.55. The van der Waals surface area contributed by atoms with E-state index in [0.29, 0.717) is 0 Å². The molecular formula is C19H20N2O. The number of aromatic nitrogens is 1. The molecule has 0 atom stereocenters. The van der Waals surface area contributed by atoms with Crippen LogP contribution in [0.5, 0.6) is 5.75 Å². The minimum absolute atomic E-state index is 0.797. The molecule has 1 aromatic heterocycles. The summed E-state index contributed by atoms with van der Waals surface area (Å²) < 4.78 is 5.44. The number of hydrogen-bond acceptors (Lipinski definition) is 3. The minimum atomic E-state index is 0.797. The molecular weight excluding hydrogens is 272 g/mol. The van der Waals surface area contributed by atoms with Gasteiger partial charge in [-0.3, -0.25) is 0 Å². The Bertz CT molecular complexity index is 820. The van der Waals surface area contributed by atoms with Gasteiger partial charge in [-0.1, -0.05) is 30.3 Å². The highest BCUT2D eigenvalue weighted by molar-refractivity contribution is 5.96. The Morgan fingerprint density at radius 2 is 1.64 bits per heavy atom. The molecule has 0 aliphatic heterocycles. The summed E-state index contributed by atoms with van der Waals surface area (Å²) in [6.45, 7) is 6.24. The Labute approximate surface area is 131 Å². The van der Waals surface area contributed by atoms with Crippen molar-refractivity contribution in [2.24, 2.45) is 0 Å². The van der Waals surface area contributed by atoms with E-state index in [0.717, 1.165) is 33.7 Å². The molecule has 0 saturated carbocycles. The Balaban J connectivity index is 2.19. The number of nitrogens with one attached hydrogen (secondary N) is 1. The van der Waals surface area contributed by atoms with Crippen molar-refractivity contribution in [3.8, 4) is 5.75 Å². The zero-order chi connectivity index (χ0) is 15.7. The van der Waals surface area contributed by atoms with Crippen molar-refractivity contribution in [1.29, 1.82) is 0 Å². The van der Waals surface area contributed by atoms with Gasteiger partial charge in [0.25, 0.3) is 0 Å². The van der Waals surface area contributed by atoms with Gasteiger partial charge in [-0.05, 0) is 44.0 Å². The average molecular weight is 292 g/mol. The highest BCUT2D eigenvalue weighted by Crippen LogP contribution is 2.33. The maximum Gasteiger partial charge on any atom is 0.145 e. The molecule has 1 N–H and O–H groups in total. The molecule has 0 spiro atoms. The second-order valence-electron chi connectivity index (χ2n) is 5.56. The largest absolute Gasteiger partial charge is 0.494 e. The summed E-state index contributed by atoms with van der Waals surface area (Å²) in [5, 5.41) is 4.64. The number of nitrogens with zero attached hydrogens (tertiary/aromatic N) is 1. The summed E-state index contributed by atoms with van der Waals surface area (Å²) in [4.78, 5) is 4.63. The lowest BCUT2D eigenvalue weighted by Gasteiger charge is -2.16. The first-order valence-electron chi connectivity index (χ1n) is 7.37. The highest BCUT2D eigenvalue weighted by atomic mass is 16.5. The number of benzene rings is 2. The van der Waals surface area contributed by atoms with Crippen molar-refractivity contribution in [2.45, 2.75) is 20.8 Å². The van der Waals surface area contributed by atoms with Crippen LogP contribution in [0.3, 0.4) is 0 Å². The van der Waals surface area contributed by atoms with Crippen LogP contribution in [0.2, 0.25) is 0 Å². The third-order valence-electron chi connectivity index (χ3n) is 3.89. The van der Waals surface area contributed by atoms with E-state index in [1.807, 2.05) is 19.1 Å². The molecule has 0 fully saturated rings. The first-order valence-corrected chi connectivity index (χ1v) is 7.37. The minimum Gasteiger partial charge on any atom is -0.494 e. The number of para-hydroxylation sites is 2. The summed E-state index contributed by atoms with van der Waals surface area (Å²) in [6.07, 6.45) is 0. The fourth-order valence-corrected chi connectivity index (χ4v) is 2.76. The van der Waals surface area contributed by atoms with Gasteiger partial charge in [0.15, 0.2) is 0 Å².